The van der Waals surface area contributed by atoms with Gasteiger partial charge in [-0.05, 0) is 18.2 Å². The molecule has 12 N–H and O–H groups in total. The molecule has 1 aromatic rings. The van der Waals surface area contributed by atoms with Crippen LogP contribution in [0.3, 0.4) is 0 Å². The molecule has 17 nitrogen and oxygen atoms in total. The predicted octanol–water partition coefficient (Wildman–Crippen LogP) is -2.66. The van der Waals surface area contributed by atoms with E-state index in [1.165, 1.54) is 12.2 Å². The first-order valence-electron chi connectivity index (χ1n) is 13.3. The zero-order chi connectivity index (χ0) is 32.0. The Labute approximate surface area is 247 Å². The molecule has 3 aliphatic heterocycles. The van der Waals surface area contributed by atoms with Crippen LogP contribution in [0.15, 0.2) is 53.2 Å². The van der Waals surface area contributed by atoms with E-state index in [1.54, 1.807) is 0 Å². The van der Waals surface area contributed by atoms with Gasteiger partial charge in [0.25, 0.3) is 0 Å². The highest BCUT2D eigenvalue weighted by Crippen LogP contribution is 2.42. The number of fused-ring (bicyclic) bond motifs is 1. The maximum absolute atomic E-state index is 10.7. The predicted molar refractivity (Wildman–Crippen MR) is 140 cm³/mol. The summed E-state index contributed by atoms with van der Waals surface area (Å²) in [6.07, 6.45) is -14.5. The molecule has 242 valence electrons. The monoisotopic (exact) mass is 628 g/mol. The van der Waals surface area contributed by atoms with Crippen molar-refractivity contribution in [3.63, 3.8) is 0 Å². The van der Waals surface area contributed by atoms with E-state index in [4.69, 9.17) is 23.7 Å². The summed E-state index contributed by atoms with van der Waals surface area (Å²) >= 11 is 0. The van der Waals surface area contributed by atoms with E-state index in [-0.39, 0.29) is 28.4 Å². The molecule has 0 bridgehead atoms. The Morgan fingerprint density at radius 1 is 0.705 bits per heavy atom. The second-order valence-corrected chi connectivity index (χ2v) is 10.5. The van der Waals surface area contributed by atoms with Gasteiger partial charge in [0.15, 0.2) is 35.1 Å². The van der Waals surface area contributed by atoms with Crippen LogP contribution in [0.25, 0.3) is 5.76 Å². The van der Waals surface area contributed by atoms with Gasteiger partial charge in [-0.15, -0.1) is 0 Å². The summed E-state index contributed by atoms with van der Waals surface area (Å²) in [6.45, 7) is -1.35. The Morgan fingerprint density at radius 2 is 1.30 bits per heavy atom. The molecule has 1 aromatic carbocycles. The Kier molecular flexibility index (Phi) is 8.96. The number of aliphatic hydroxyl groups excluding tert-OH is 9. The average molecular weight is 629 g/mol. The quantitative estimate of drug-likeness (QED) is 0.137. The number of phenols is 3. The smallest absolute Gasteiger partial charge is 0.229 e. The van der Waals surface area contributed by atoms with Crippen molar-refractivity contribution in [2.45, 2.75) is 67.5 Å². The fourth-order valence-electron chi connectivity index (χ4n) is 5.01. The number of benzene rings is 1. The summed E-state index contributed by atoms with van der Waals surface area (Å²) < 4.78 is 28.0. The van der Waals surface area contributed by atoms with Crippen molar-refractivity contribution in [2.75, 3.05) is 13.2 Å². The van der Waals surface area contributed by atoms with Gasteiger partial charge in [0, 0.05) is 23.3 Å². The number of phenolic OH excluding ortho intramolecular Hbond substituents is 3. The van der Waals surface area contributed by atoms with Gasteiger partial charge in [-0.2, -0.15) is 0 Å². The molecule has 44 heavy (non-hydrogen) atoms. The molecule has 0 saturated carbocycles. The first-order valence-corrected chi connectivity index (χ1v) is 13.3. The molecule has 17 heteroatoms. The minimum absolute atomic E-state index is 0.0709. The lowest BCUT2D eigenvalue weighted by Gasteiger charge is -2.43. The summed E-state index contributed by atoms with van der Waals surface area (Å²) in [4.78, 5) is 0. The number of hydrogen-bond acceptors (Lipinski definition) is 17. The van der Waals surface area contributed by atoms with Gasteiger partial charge in [0.05, 0.1) is 13.2 Å². The topological polar surface area (TPSA) is 289 Å². The lowest BCUT2D eigenvalue weighted by Crippen LogP contribution is -2.61. The summed E-state index contributed by atoms with van der Waals surface area (Å²) in [5.74, 6) is -3.61. The minimum atomic E-state index is -1.90. The lowest BCUT2D eigenvalue weighted by molar-refractivity contribution is -0.327. The Hall–Kier alpha value is -3.62. The van der Waals surface area contributed by atoms with Gasteiger partial charge in [0.1, 0.15) is 66.5 Å². The highest BCUT2D eigenvalue weighted by molar-refractivity contribution is 5.72. The average Bonchev–Trinajstić information content (AvgIpc) is 2.98. The van der Waals surface area contributed by atoms with Gasteiger partial charge in [-0.25, -0.2) is 0 Å². The number of aliphatic hydroxyl groups is 9. The van der Waals surface area contributed by atoms with Gasteiger partial charge in [-0.3, -0.25) is 0 Å². The molecule has 4 aliphatic rings. The van der Waals surface area contributed by atoms with Gasteiger partial charge in [0.2, 0.25) is 6.29 Å². The summed E-state index contributed by atoms with van der Waals surface area (Å²) in [5.41, 5.74) is 0.000529. The van der Waals surface area contributed by atoms with Gasteiger partial charge < -0.3 is 85.0 Å². The molecule has 0 spiro atoms. The first-order chi connectivity index (χ1) is 20.8. The van der Waals surface area contributed by atoms with Crippen molar-refractivity contribution < 1.29 is 85.0 Å². The van der Waals surface area contributed by atoms with Crippen LogP contribution >= 0.6 is 0 Å². The first kappa shape index (κ1) is 31.8. The fourth-order valence-corrected chi connectivity index (χ4v) is 5.01. The molecular weight excluding hydrogens is 596 g/mol. The maximum atomic E-state index is 10.7. The third-order valence-electron chi connectivity index (χ3n) is 7.48. The van der Waals surface area contributed by atoms with E-state index in [0.29, 0.717) is 0 Å². The zero-order valence-electron chi connectivity index (χ0n) is 22.6. The molecule has 2 saturated heterocycles. The van der Waals surface area contributed by atoms with Crippen molar-refractivity contribution in [3.05, 3.63) is 58.8 Å². The summed E-state index contributed by atoms with van der Waals surface area (Å²) in [6, 6.07) is 2.01. The van der Waals surface area contributed by atoms with Crippen molar-refractivity contribution >= 4 is 5.76 Å². The highest BCUT2D eigenvalue weighted by Gasteiger charge is 2.48. The minimum Gasteiger partial charge on any atom is -0.508 e. The van der Waals surface area contributed by atoms with Crippen molar-refractivity contribution in [1.82, 2.24) is 0 Å². The second-order valence-electron chi connectivity index (χ2n) is 10.5. The Bertz CT molecular complexity index is 1340. The third-order valence-corrected chi connectivity index (χ3v) is 7.48. The van der Waals surface area contributed by atoms with Crippen LogP contribution < -0.4 is 0 Å². The number of hydrogen-bond donors (Lipinski definition) is 12. The van der Waals surface area contributed by atoms with E-state index < -0.39 is 104 Å². The molecule has 1 aliphatic carbocycles. The van der Waals surface area contributed by atoms with Crippen LogP contribution in [-0.2, 0) is 23.7 Å². The number of ether oxygens (including phenoxy) is 5. The molecular formula is C27H32O17. The molecule has 0 radical (unpaired) electrons. The van der Waals surface area contributed by atoms with E-state index >= 15 is 0 Å². The number of rotatable bonds is 7. The van der Waals surface area contributed by atoms with Crippen LogP contribution in [0.1, 0.15) is 5.56 Å². The summed E-state index contributed by atoms with van der Waals surface area (Å²) in [7, 11) is 0. The van der Waals surface area contributed by atoms with Crippen LogP contribution in [0, 0.1) is 0 Å². The molecule has 3 heterocycles. The fraction of sp³-hybridized carbons (Fsp3) is 0.481. The molecule has 0 aromatic heterocycles. The van der Waals surface area contributed by atoms with Crippen LogP contribution in [0.4, 0.5) is 0 Å². The van der Waals surface area contributed by atoms with E-state index in [0.717, 1.165) is 18.2 Å². The molecule has 11 atom stereocenters. The molecule has 11 unspecified atom stereocenters. The number of aromatic hydroxyl groups is 3. The van der Waals surface area contributed by atoms with Crippen LogP contribution in [0.5, 0.6) is 17.2 Å². The molecule has 5 rings (SSSR count). The van der Waals surface area contributed by atoms with E-state index in [2.05, 4.69) is 0 Å². The highest BCUT2D eigenvalue weighted by atomic mass is 16.7. The van der Waals surface area contributed by atoms with Gasteiger partial charge in [-0.1, -0.05) is 0 Å². The lowest BCUT2D eigenvalue weighted by atomic mass is 9.96. The Morgan fingerprint density at radius 3 is 1.93 bits per heavy atom. The molecule has 2 fully saturated rings. The normalized spacial score (nSPS) is 37.3. The third kappa shape index (κ3) is 5.89. The largest absolute Gasteiger partial charge is 0.508 e. The van der Waals surface area contributed by atoms with Gasteiger partial charge >= 0.3 is 0 Å². The van der Waals surface area contributed by atoms with Crippen molar-refractivity contribution in [1.29, 1.82) is 0 Å². The molecule has 0 amide bonds. The maximum Gasteiger partial charge on any atom is 0.229 e. The SMILES string of the molecule is OCC1OC(OCC2OC(OC3=C(c4cc(O)c(O)c(O)c4)OC4C=C(O)C=C(O)C4=C3)C(O)C(O)C2O)C(O)C(O)C1O. The van der Waals surface area contributed by atoms with Crippen molar-refractivity contribution in [2.24, 2.45) is 0 Å². The standard InChI is InChI=1S/C27H32O17/c28-6-16-19(34)21(36)23(38)26(43-16)40-7-17-20(35)22(37)24(39)27(44-17)42-15-5-10-11(30)3-9(29)4-14(10)41-25(15)8-1-12(31)18(33)13(32)2-8/h1-5,14,16-17,19-24,26-39H,6-7H2. The van der Waals surface area contributed by atoms with E-state index in [1.807, 2.05) is 0 Å². The number of allylic oxidation sites excluding steroid dienone is 2. The van der Waals surface area contributed by atoms with Crippen LogP contribution in [-0.4, -0.2) is 142 Å². The van der Waals surface area contributed by atoms with Crippen molar-refractivity contribution in [3.8, 4) is 17.2 Å². The second kappa shape index (κ2) is 12.4. The zero-order valence-corrected chi connectivity index (χ0v) is 22.6. The summed E-state index contributed by atoms with van der Waals surface area (Å²) in [5, 5.41) is 122. The van der Waals surface area contributed by atoms with E-state index in [9.17, 15) is 61.3 Å². The van der Waals surface area contributed by atoms with Crippen LogP contribution in [0.2, 0.25) is 0 Å². The Balaban J connectivity index is 1.42.